The fraction of sp³-hybridized carbons (Fsp3) is 0.625. The smallest absolute Gasteiger partial charge is 0.127 e. The molecular weight excluding hydrogens is 270 g/mol. The zero-order chi connectivity index (χ0) is 14.6. The summed E-state index contributed by atoms with van der Waals surface area (Å²) >= 11 is 1.95. The molecule has 0 radical (unpaired) electrons. The molecule has 0 saturated heterocycles. The third-order valence-electron chi connectivity index (χ3n) is 2.91. The number of thioether (sulfide) groups is 1. The minimum atomic E-state index is 0.765. The second-order valence-electron chi connectivity index (χ2n) is 4.55. The van der Waals surface area contributed by atoms with Gasteiger partial charge in [-0.05, 0) is 37.0 Å². The topological polar surface area (TPSA) is 30.5 Å². The van der Waals surface area contributed by atoms with Crippen molar-refractivity contribution < 1.29 is 9.47 Å². The SMILES string of the molecule is CCCNCc1ccc(OC)cc1OCCCSCC. The summed E-state index contributed by atoms with van der Waals surface area (Å²) in [5.74, 6) is 4.12. The number of hydrogen-bond acceptors (Lipinski definition) is 4. The predicted molar refractivity (Wildman–Crippen MR) is 88.1 cm³/mol. The van der Waals surface area contributed by atoms with Crippen molar-refractivity contribution in [2.45, 2.75) is 33.2 Å². The van der Waals surface area contributed by atoms with Gasteiger partial charge in [0.2, 0.25) is 0 Å². The van der Waals surface area contributed by atoms with Crippen molar-refractivity contribution in [1.82, 2.24) is 5.32 Å². The van der Waals surface area contributed by atoms with E-state index in [1.54, 1.807) is 7.11 Å². The maximum atomic E-state index is 5.92. The second-order valence-corrected chi connectivity index (χ2v) is 5.94. The molecule has 0 aliphatic heterocycles. The van der Waals surface area contributed by atoms with Gasteiger partial charge >= 0.3 is 0 Å². The molecule has 1 aromatic carbocycles. The van der Waals surface area contributed by atoms with Gasteiger partial charge in [-0.1, -0.05) is 19.9 Å². The summed E-state index contributed by atoms with van der Waals surface area (Å²) in [5.41, 5.74) is 1.20. The number of rotatable bonds is 11. The van der Waals surface area contributed by atoms with E-state index in [2.05, 4.69) is 25.2 Å². The number of nitrogens with one attached hydrogen (secondary N) is 1. The highest BCUT2D eigenvalue weighted by Crippen LogP contribution is 2.25. The molecule has 0 aromatic heterocycles. The summed E-state index contributed by atoms with van der Waals surface area (Å²) in [7, 11) is 1.69. The molecule has 0 spiro atoms. The Morgan fingerprint density at radius 2 is 2.10 bits per heavy atom. The van der Waals surface area contributed by atoms with E-state index < -0.39 is 0 Å². The summed E-state index contributed by atoms with van der Waals surface area (Å²) in [6, 6.07) is 6.05. The molecule has 0 atom stereocenters. The summed E-state index contributed by atoms with van der Waals surface area (Å²) in [4.78, 5) is 0. The van der Waals surface area contributed by atoms with Crippen LogP contribution in [0, 0.1) is 0 Å². The molecule has 1 N–H and O–H groups in total. The zero-order valence-corrected chi connectivity index (χ0v) is 13.7. The molecule has 0 aliphatic rings. The molecule has 0 saturated carbocycles. The molecular formula is C16H27NO2S. The van der Waals surface area contributed by atoms with Gasteiger partial charge in [0.05, 0.1) is 13.7 Å². The standard InChI is InChI=1S/C16H27NO2S/c1-4-9-17-13-14-7-8-15(18-3)12-16(14)19-10-6-11-20-5-2/h7-8,12,17H,4-6,9-11,13H2,1-3H3. The molecule has 114 valence electrons. The average molecular weight is 297 g/mol. The first kappa shape index (κ1) is 17.2. The summed E-state index contributed by atoms with van der Waals surface area (Å²) in [6.45, 7) is 6.99. The van der Waals surface area contributed by atoms with E-state index in [4.69, 9.17) is 9.47 Å². The van der Waals surface area contributed by atoms with Gasteiger partial charge in [0.1, 0.15) is 11.5 Å². The first-order valence-electron chi connectivity index (χ1n) is 7.40. The molecule has 0 amide bonds. The Morgan fingerprint density at radius 1 is 1.25 bits per heavy atom. The molecule has 1 aromatic rings. The van der Waals surface area contributed by atoms with Gasteiger partial charge in [-0.25, -0.2) is 0 Å². The van der Waals surface area contributed by atoms with Crippen molar-refractivity contribution in [3.8, 4) is 11.5 Å². The van der Waals surface area contributed by atoms with E-state index in [-0.39, 0.29) is 0 Å². The Bertz CT molecular complexity index is 371. The van der Waals surface area contributed by atoms with Crippen LogP contribution in [0.15, 0.2) is 18.2 Å². The highest BCUT2D eigenvalue weighted by Gasteiger charge is 2.05. The van der Waals surface area contributed by atoms with Gasteiger partial charge in [-0.3, -0.25) is 0 Å². The quantitative estimate of drug-likeness (QED) is 0.631. The zero-order valence-electron chi connectivity index (χ0n) is 12.9. The van der Waals surface area contributed by atoms with Crippen molar-refractivity contribution in [2.24, 2.45) is 0 Å². The Morgan fingerprint density at radius 3 is 2.80 bits per heavy atom. The lowest BCUT2D eigenvalue weighted by molar-refractivity contribution is 0.311. The van der Waals surface area contributed by atoms with E-state index in [1.165, 1.54) is 11.3 Å². The van der Waals surface area contributed by atoms with Crippen LogP contribution in [0.1, 0.15) is 32.3 Å². The highest BCUT2D eigenvalue weighted by atomic mass is 32.2. The number of benzene rings is 1. The summed E-state index contributed by atoms with van der Waals surface area (Å²) in [5, 5.41) is 3.42. The lowest BCUT2D eigenvalue weighted by Crippen LogP contribution is -2.15. The summed E-state index contributed by atoms with van der Waals surface area (Å²) in [6.07, 6.45) is 2.22. The van der Waals surface area contributed by atoms with Crippen LogP contribution in [0.4, 0.5) is 0 Å². The van der Waals surface area contributed by atoms with Crippen LogP contribution < -0.4 is 14.8 Å². The number of methoxy groups -OCH3 is 1. The summed E-state index contributed by atoms with van der Waals surface area (Å²) < 4.78 is 11.2. The van der Waals surface area contributed by atoms with Crippen molar-refractivity contribution in [3.63, 3.8) is 0 Å². The largest absolute Gasteiger partial charge is 0.497 e. The van der Waals surface area contributed by atoms with Crippen LogP contribution in [0.5, 0.6) is 11.5 Å². The molecule has 1 rings (SSSR count). The first-order valence-corrected chi connectivity index (χ1v) is 8.55. The minimum absolute atomic E-state index is 0.765. The van der Waals surface area contributed by atoms with E-state index in [0.717, 1.165) is 49.8 Å². The van der Waals surface area contributed by atoms with Crippen molar-refractivity contribution >= 4 is 11.8 Å². The maximum absolute atomic E-state index is 5.92. The lowest BCUT2D eigenvalue weighted by atomic mass is 10.2. The van der Waals surface area contributed by atoms with Crippen LogP contribution in [-0.2, 0) is 6.54 Å². The van der Waals surface area contributed by atoms with E-state index >= 15 is 0 Å². The van der Waals surface area contributed by atoms with E-state index in [9.17, 15) is 0 Å². The van der Waals surface area contributed by atoms with Gasteiger partial charge in [0.25, 0.3) is 0 Å². The molecule has 0 heterocycles. The molecule has 20 heavy (non-hydrogen) atoms. The van der Waals surface area contributed by atoms with E-state index in [0.29, 0.717) is 0 Å². The third-order valence-corrected chi connectivity index (χ3v) is 3.90. The predicted octanol–water partition coefficient (Wildman–Crippen LogP) is 3.72. The van der Waals surface area contributed by atoms with Gasteiger partial charge in [-0.2, -0.15) is 11.8 Å². The maximum Gasteiger partial charge on any atom is 0.127 e. The lowest BCUT2D eigenvalue weighted by Gasteiger charge is -2.13. The molecule has 3 nitrogen and oxygen atoms in total. The van der Waals surface area contributed by atoms with Crippen LogP contribution in [0.2, 0.25) is 0 Å². The third kappa shape index (κ3) is 6.53. The van der Waals surface area contributed by atoms with Crippen molar-refractivity contribution in [2.75, 3.05) is 31.8 Å². The average Bonchev–Trinajstić information content (AvgIpc) is 2.48. The molecule has 0 fully saturated rings. The van der Waals surface area contributed by atoms with Crippen LogP contribution in [0.25, 0.3) is 0 Å². The van der Waals surface area contributed by atoms with Crippen LogP contribution in [-0.4, -0.2) is 31.8 Å². The monoisotopic (exact) mass is 297 g/mol. The molecule has 0 unspecified atom stereocenters. The fourth-order valence-corrected chi connectivity index (χ4v) is 2.44. The first-order chi connectivity index (χ1) is 9.81. The van der Waals surface area contributed by atoms with E-state index in [1.807, 2.05) is 23.9 Å². The molecule has 0 bridgehead atoms. The van der Waals surface area contributed by atoms with Gasteiger partial charge in [-0.15, -0.1) is 0 Å². The number of ether oxygens (including phenoxy) is 2. The Kier molecular flexibility index (Phi) is 9.33. The Balaban J connectivity index is 2.54. The molecule has 4 heteroatoms. The minimum Gasteiger partial charge on any atom is -0.497 e. The van der Waals surface area contributed by atoms with Crippen molar-refractivity contribution in [3.05, 3.63) is 23.8 Å². The van der Waals surface area contributed by atoms with Gasteiger partial charge in [0, 0.05) is 18.2 Å². The highest BCUT2D eigenvalue weighted by molar-refractivity contribution is 7.99. The fourth-order valence-electron chi connectivity index (χ4n) is 1.83. The van der Waals surface area contributed by atoms with Gasteiger partial charge in [0.15, 0.2) is 0 Å². The molecule has 0 aliphatic carbocycles. The van der Waals surface area contributed by atoms with Crippen molar-refractivity contribution in [1.29, 1.82) is 0 Å². The van der Waals surface area contributed by atoms with Crippen LogP contribution in [0.3, 0.4) is 0 Å². The van der Waals surface area contributed by atoms with Crippen LogP contribution >= 0.6 is 11.8 Å². The van der Waals surface area contributed by atoms with Gasteiger partial charge < -0.3 is 14.8 Å². The number of hydrogen-bond donors (Lipinski definition) is 1. The Hall–Kier alpha value is -0.870. The normalized spacial score (nSPS) is 10.6. The second kappa shape index (κ2) is 10.9. The Labute approximate surface area is 127 Å².